The molecule has 0 atom stereocenters. The highest BCUT2D eigenvalue weighted by atomic mass is 79.9. The Hall–Kier alpha value is -1.78. The van der Waals surface area contributed by atoms with Gasteiger partial charge in [-0.05, 0) is 56.0 Å². The number of hydrogen-bond acceptors (Lipinski definition) is 2. The summed E-state index contributed by atoms with van der Waals surface area (Å²) in [4.78, 5) is 0. The van der Waals surface area contributed by atoms with Gasteiger partial charge in [0.2, 0.25) is 0 Å². The Morgan fingerprint density at radius 3 is 2.11 bits per heavy atom. The molecule has 4 aromatic carbocycles. The third-order valence-corrected chi connectivity index (χ3v) is 7.63. The monoisotopic (exact) mass is 472 g/mol. The number of thiophene rings is 1. The van der Waals surface area contributed by atoms with Crippen molar-refractivity contribution in [3.63, 3.8) is 0 Å². The van der Waals surface area contributed by atoms with E-state index in [4.69, 9.17) is 23.2 Å². The van der Waals surface area contributed by atoms with Gasteiger partial charge in [-0.1, -0.05) is 65.7 Å². The van der Waals surface area contributed by atoms with E-state index in [-0.39, 0.29) is 15.8 Å². The molecular formula is C22H11BrCl2OS. The third-order valence-electron chi connectivity index (χ3n) is 4.78. The largest absolute Gasteiger partial charge is 0.505 e. The lowest BCUT2D eigenvalue weighted by atomic mass is 9.93. The van der Waals surface area contributed by atoms with Crippen LogP contribution in [0.2, 0.25) is 10.0 Å². The molecule has 0 unspecified atom stereocenters. The van der Waals surface area contributed by atoms with Crippen molar-refractivity contribution in [2.45, 2.75) is 0 Å². The van der Waals surface area contributed by atoms with Crippen LogP contribution < -0.4 is 0 Å². The molecule has 1 nitrogen and oxygen atoms in total. The first-order valence-corrected chi connectivity index (χ1v) is 10.6. The van der Waals surface area contributed by atoms with E-state index < -0.39 is 0 Å². The van der Waals surface area contributed by atoms with Crippen LogP contribution in [0, 0.1) is 0 Å². The second kappa shape index (κ2) is 6.39. The van der Waals surface area contributed by atoms with Gasteiger partial charge in [0.1, 0.15) is 0 Å². The molecule has 0 radical (unpaired) electrons. The van der Waals surface area contributed by atoms with Crippen molar-refractivity contribution in [1.29, 1.82) is 0 Å². The van der Waals surface area contributed by atoms with Crippen molar-refractivity contribution in [2.75, 3.05) is 0 Å². The number of benzene rings is 4. The summed E-state index contributed by atoms with van der Waals surface area (Å²) >= 11 is 18.1. The molecule has 1 heterocycles. The molecule has 0 saturated heterocycles. The molecule has 5 rings (SSSR count). The van der Waals surface area contributed by atoms with E-state index >= 15 is 0 Å². The minimum absolute atomic E-state index is 0.0880. The second-order valence-corrected chi connectivity index (χ2v) is 8.99. The Morgan fingerprint density at radius 2 is 1.41 bits per heavy atom. The van der Waals surface area contributed by atoms with Crippen LogP contribution in [0.15, 0.2) is 65.1 Å². The molecule has 0 amide bonds. The van der Waals surface area contributed by atoms with Crippen molar-refractivity contribution in [3.05, 3.63) is 75.2 Å². The maximum absolute atomic E-state index is 10.0. The van der Waals surface area contributed by atoms with Gasteiger partial charge in [-0.3, -0.25) is 0 Å². The van der Waals surface area contributed by atoms with Crippen LogP contribution >= 0.6 is 50.5 Å². The van der Waals surface area contributed by atoms with Gasteiger partial charge in [-0.2, -0.15) is 0 Å². The van der Waals surface area contributed by atoms with E-state index in [1.165, 1.54) is 20.2 Å². The van der Waals surface area contributed by atoms with Crippen molar-refractivity contribution in [2.24, 2.45) is 0 Å². The van der Waals surface area contributed by atoms with Crippen LogP contribution in [-0.2, 0) is 0 Å². The van der Waals surface area contributed by atoms with Crippen LogP contribution in [0.1, 0.15) is 0 Å². The van der Waals surface area contributed by atoms with Gasteiger partial charge in [-0.25, -0.2) is 0 Å². The molecular weight excluding hydrogens is 463 g/mol. The zero-order valence-electron chi connectivity index (χ0n) is 13.8. The van der Waals surface area contributed by atoms with Gasteiger partial charge in [-0.15, -0.1) is 11.3 Å². The predicted octanol–water partition coefficient (Wildman–Crippen LogP) is 8.65. The smallest absolute Gasteiger partial charge is 0.152 e. The topological polar surface area (TPSA) is 20.2 Å². The third kappa shape index (κ3) is 2.57. The molecule has 5 aromatic rings. The van der Waals surface area contributed by atoms with E-state index in [0.29, 0.717) is 0 Å². The lowest BCUT2D eigenvalue weighted by molar-refractivity contribution is 0.476. The quantitative estimate of drug-likeness (QED) is 0.258. The Balaban J connectivity index is 2.08. The van der Waals surface area contributed by atoms with Crippen molar-refractivity contribution >= 4 is 81.4 Å². The van der Waals surface area contributed by atoms with Crippen LogP contribution in [0.4, 0.5) is 0 Å². The lowest BCUT2D eigenvalue weighted by Gasteiger charge is -2.13. The predicted molar refractivity (Wildman–Crippen MR) is 122 cm³/mol. The zero-order valence-corrected chi connectivity index (χ0v) is 17.7. The maximum atomic E-state index is 10.0. The molecule has 0 saturated carbocycles. The van der Waals surface area contributed by atoms with E-state index in [0.717, 1.165) is 26.4 Å². The van der Waals surface area contributed by atoms with E-state index in [1.807, 2.05) is 12.1 Å². The number of fused-ring (bicyclic) bond motifs is 4. The summed E-state index contributed by atoms with van der Waals surface area (Å²) in [7, 11) is 0. The Bertz CT molecular complexity index is 1350. The summed E-state index contributed by atoms with van der Waals surface area (Å²) < 4.78 is 3.50. The maximum Gasteiger partial charge on any atom is 0.152 e. The van der Waals surface area contributed by atoms with Gasteiger partial charge in [0.05, 0.1) is 14.7 Å². The van der Waals surface area contributed by atoms with Crippen molar-refractivity contribution < 1.29 is 5.11 Å². The minimum Gasteiger partial charge on any atom is -0.505 e. The van der Waals surface area contributed by atoms with Crippen molar-refractivity contribution in [1.82, 2.24) is 0 Å². The van der Waals surface area contributed by atoms with Gasteiger partial charge >= 0.3 is 0 Å². The van der Waals surface area contributed by atoms with Gasteiger partial charge in [0, 0.05) is 19.9 Å². The first kappa shape index (κ1) is 17.3. The summed E-state index contributed by atoms with van der Waals surface area (Å²) in [5, 5.41) is 15.1. The SMILES string of the molecule is Oc1c(Cl)cc(-c2c3ccccc3c(Br)c3sc4ccccc4c23)cc1Cl. The normalized spacial score (nSPS) is 11.7. The highest BCUT2D eigenvalue weighted by Gasteiger charge is 2.19. The van der Waals surface area contributed by atoms with E-state index in [1.54, 1.807) is 23.5 Å². The van der Waals surface area contributed by atoms with E-state index in [2.05, 4.69) is 52.3 Å². The number of rotatable bonds is 1. The summed E-state index contributed by atoms with van der Waals surface area (Å²) in [6.45, 7) is 0. The number of aromatic hydroxyl groups is 1. The molecule has 1 N–H and O–H groups in total. The van der Waals surface area contributed by atoms with Crippen LogP contribution in [0.25, 0.3) is 42.1 Å². The first-order chi connectivity index (χ1) is 13.1. The number of phenols is 1. The molecule has 1 aromatic heterocycles. The van der Waals surface area contributed by atoms with Crippen LogP contribution in [0.3, 0.4) is 0 Å². The molecule has 0 spiro atoms. The highest BCUT2D eigenvalue weighted by molar-refractivity contribution is 9.11. The van der Waals surface area contributed by atoms with Crippen LogP contribution in [0.5, 0.6) is 5.75 Å². The van der Waals surface area contributed by atoms with Gasteiger partial charge < -0.3 is 5.11 Å². The molecule has 0 aliphatic heterocycles. The number of hydrogen-bond donors (Lipinski definition) is 1. The standard InChI is InChI=1S/C22H11BrCl2OS/c23-20-13-6-2-1-5-12(13)18(11-9-15(24)21(26)16(25)10-11)19-14-7-3-4-8-17(14)27-22(19)20/h1-10,26H. The second-order valence-electron chi connectivity index (χ2n) is 6.33. The van der Waals surface area contributed by atoms with Gasteiger partial charge in [0.25, 0.3) is 0 Å². The fourth-order valence-corrected chi connectivity index (χ4v) is 6.04. The average Bonchev–Trinajstić information content (AvgIpc) is 3.06. The fourth-order valence-electron chi connectivity index (χ4n) is 3.61. The Labute approximate surface area is 177 Å². The highest BCUT2D eigenvalue weighted by Crippen LogP contribution is 2.49. The molecule has 0 aliphatic rings. The molecule has 5 heteroatoms. The van der Waals surface area contributed by atoms with Crippen LogP contribution in [-0.4, -0.2) is 5.11 Å². The summed E-state index contributed by atoms with van der Waals surface area (Å²) in [5.41, 5.74) is 1.96. The van der Waals surface area contributed by atoms with Crippen molar-refractivity contribution in [3.8, 4) is 16.9 Å². The number of halogens is 3. The molecule has 132 valence electrons. The fraction of sp³-hybridized carbons (Fsp3) is 0. The van der Waals surface area contributed by atoms with Gasteiger partial charge in [0.15, 0.2) is 5.75 Å². The molecule has 0 fully saturated rings. The first-order valence-electron chi connectivity index (χ1n) is 8.26. The zero-order chi connectivity index (χ0) is 18.7. The molecule has 0 aliphatic carbocycles. The number of phenolic OH excluding ortho intramolecular Hbond substituents is 1. The Kier molecular flexibility index (Phi) is 4.10. The Morgan fingerprint density at radius 1 is 0.815 bits per heavy atom. The lowest BCUT2D eigenvalue weighted by Crippen LogP contribution is -1.86. The minimum atomic E-state index is -0.0880. The molecule has 27 heavy (non-hydrogen) atoms. The average molecular weight is 474 g/mol. The summed E-state index contributed by atoms with van der Waals surface area (Å²) in [6, 6.07) is 20.2. The summed E-state index contributed by atoms with van der Waals surface area (Å²) in [6.07, 6.45) is 0. The summed E-state index contributed by atoms with van der Waals surface area (Å²) in [5.74, 6) is -0.0880. The van der Waals surface area contributed by atoms with E-state index in [9.17, 15) is 5.11 Å². The molecule has 0 bridgehead atoms.